The second kappa shape index (κ2) is 11.2. The highest BCUT2D eigenvalue weighted by Gasteiger charge is 2.17. The van der Waals surface area contributed by atoms with Crippen LogP contribution in [0.2, 0.25) is 10.0 Å². The van der Waals surface area contributed by atoms with Gasteiger partial charge in [0, 0.05) is 22.2 Å². The van der Waals surface area contributed by atoms with E-state index in [4.69, 9.17) is 23.2 Å². The van der Waals surface area contributed by atoms with E-state index in [0.29, 0.717) is 29.4 Å². The van der Waals surface area contributed by atoms with Crippen molar-refractivity contribution in [3.05, 3.63) is 51.3 Å². The molecule has 166 valence electrons. The van der Waals surface area contributed by atoms with Crippen molar-refractivity contribution in [3.63, 3.8) is 0 Å². The molecule has 1 N–H and O–H groups in total. The molecule has 30 heavy (non-hydrogen) atoms. The lowest BCUT2D eigenvalue weighted by Gasteiger charge is -2.10. The molecule has 0 aliphatic heterocycles. The number of unbranched alkanes of at least 4 members (excludes halogenated alkanes) is 2. The van der Waals surface area contributed by atoms with Gasteiger partial charge in [-0.25, -0.2) is 8.42 Å². The molecule has 6 nitrogen and oxygen atoms in total. The van der Waals surface area contributed by atoms with Gasteiger partial charge in [0.05, 0.1) is 18.0 Å². The first-order chi connectivity index (χ1) is 14.1. The number of benzene rings is 1. The van der Waals surface area contributed by atoms with Crippen LogP contribution >= 0.6 is 23.2 Å². The summed E-state index contributed by atoms with van der Waals surface area (Å²) in [5, 5.41) is 5.75. The van der Waals surface area contributed by atoms with Crippen molar-refractivity contribution in [3.8, 4) is 0 Å². The number of hydrogen-bond donors (Lipinski definition) is 1. The van der Waals surface area contributed by atoms with Crippen LogP contribution in [0.5, 0.6) is 0 Å². The Morgan fingerprint density at radius 1 is 1.20 bits per heavy atom. The van der Waals surface area contributed by atoms with Gasteiger partial charge in [-0.05, 0) is 42.5 Å². The summed E-state index contributed by atoms with van der Waals surface area (Å²) in [5.41, 5.74) is 2.62. The first-order valence-electron chi connectivity index (χ1n) is 10.1. The molecule has 2 aromatic rings. The second-order valence-corrected chi connectivity index (χ2v) is 10.3. The molecule has 0 atom stereocenters. The SMILES string of the molecule is CCCCCS(=O)(=O)NC(=O)CCc1cc(C(C)C)nn1Cc1ccc(Cl)cc1Cl. The van der Waals surface area contributed by atoms with Gasteiger partial charge in [0.15, 0.2) is 0 Å². The number of hydrogen-bond acceptors (Lipinski definition) is 4. The number of sulfonamides is 1. The second-order valence-electron chi connectivity index (χ2n) is 7.66. The van der Waals surface area contributed by atoms with Gasteiger partial charge in [-0.15, -0.1) is 0 Å². The van der Waals surface area contributed by atoms with E-state index in [1.54, 1.807) is 12.1 Å². The number of amides is 1. The maximum Gasteiger partial charge on any atom is 0.234 e. The molecule has 1 amide bonds. The molecule has 0 spiro atoms. The molecule has 1 aromatic heterocycles. The summed E-state index contributed by atoms with van der Waals surface area (Å²) < 4.78 is 28.0. The zero-order valence-corrected chi connectivity index (χ0v) is 19.9. The maximum absolute atomic E-state index is 12.2. The van der Waals surface area contributed by atoms with Crippen molar-refractivity contribution in [2.75, 3.05) is 5.75 Å². The van der Waals surface area contributed by atoms with Crippen LogP contribution in [0.1, 0.15) is 69.3 Å². The number of carbonyl (C=O) groups is 1. The molecule has 1 aromatic carbocycles. The highest BCUT2D eigenvalue weighted by atomic mass is 35.5. The fourth-order valence-corrected chi connectivity index (χ4v) is 4.57. The topological polar surface area (TPSA) is 81.1 Å². The molecule has 0 saturated carbocycles. The summed E-state index contributed by atoms with van der Waals surface area (Å²) in [6.45, 7) is 6.52. The van der Waals surface area contributed by atoms with E-state index in [9.17, 15) is 13.2 Å². The monoisotopic (exact) mass is 473 g/mol. The van der Waals surface area contributed by atoms with Crippen LogP contribution in [0, 0.1) is 0 Å². The Labute approximate surface area is 189 Å². The number of halogens is 2. The van der Waals surface area contributed by atoms with Gasteiger partial charge < -0.3 is 0 Å². The van der Waals surface area contributed by atoms with Gasteiger partial charge in [0.2, 0.25) is 15.9 Å². The average Bonchev–Trinajstić information content (AvgIpc) is 3.05. The molecule has 0 aliphatic carbocycles. The molecule has 0 saturated heterocycles. The standard InChI is InChI=1S/C21H29Cl2N3O3S/c1-4-5-6-11-30(28,29)25-21(27)10-9-18-13-20(15(2)3)24-26(18)14-16-7-8-17(22)12-19(16)23/h7-8,12-13,15H,4-6,9-11,14H2,1-3H3,(H,25,27). The number of aryl methyl sites for hydroxylation is 1. The summed E-state index contributed by atoms with van der Waals surface area (Å²) in [7, 11) is -3.59. The largest absolute Gasteiger partial charge is 0.274 e. The van der Waals surface area contributed by atoms with Gasteiger partial charge in [0.1, 0.15) is 0 Å². The molecule has 0 radical (unpaired) electrons. The first-order valence-corrected chi connectivity index (χ1v) is 12.6. The summed E-state index contributed by atoms with van der Waals surface area (Å²) in [5.74, 6) is -0.315. The van der Waals surface area contributed by atoms with E-state index >= 15 is 0 Å². The Kier molecular flexibility index (Phi) is 9.19. The van der Waals surface area contributed by atoms with E-state index in [2.05, 4.69) is 9.82 Å². The van der Waals surface area contributed by atoms with E-state index in [1.165, 1.54) is 0 Å². The molecule has 1 heterocycles. The zero-order valence-electron chi connectivity index (χ0n) is 17.6. The third-order valence-corrected chi connectivity index (χ3v) is 6.65. The smallest absolute Gasteiger partial charge is 0.234 e. The fraction of sp³-hybridized carbons (Fsp3) is 0.524. The number of nitrogens with zero attached hydrogens (tertiary/aromatic N) is 2. The minimum Gasteiger partial charge on any atom is -0.274 e. The highest BCUT2D eigenvalue weighted by Crippen LogP contribution is 2.23. The molecule has 0 aliphatic rings. The van der Waals surface area contributed by atoms with Gasteiger partial charge in [-0.3, -0.25) is 14.2 Å². The van der Waals surface area contributed by atoms with E-state index in [0.717, 1.165) is 29.8 Å². The van der Waals surface area contributed by atoms with Gasteiger partial charge in [-0.2, -0.15) is 5.10 Å². The number of aromatic nitrogens is 2. The van der Waals surface area contributed by atoms with Gasteiger partial charge >= 0.3 is 0 Å². The number of carbonyl (C=O) groups excluding carboxylic acids is 1. The molecule has 0 bridgehead atoms. The van der Waals surface area contributed by atoms with Crippen molar-refractivity contribution in [1.29, 1.82) is 0 Å². The molecule has 9 heteroatoms. The minimum absolute atomic E-state index is 0.0307. The Hall–Kier alpha value is -1.57. The Balaban J connectivity index is 2.08. The van der Waals surface area contributed by atoms with Crippen molar-refractivity contribution in [2.24, 2.45) is 0 Å². The lowest BCUT2D eigenvalue weighted by Crippen LogP contribution is -2.32. The Morgan fingerprint density at radius 2 is 1.93 bits per heavy atom. The predicted octanol–water partition coefficient (Wildman–Crippen LogP) is 4.93. The van der Waals surface area contributed by atoms with E-state index in [1.807, 2.05) is 37.6 Å². The van der Waals surface area contributed by atoms with E-state index in [-0.39, 0.29) is 18.1 Å². The summed E-state index contributed by atoms with van der Waals surface area (Å²) >= 11 is 12.3. The first kappa shape index (κ1) is 24.7. The van der Waals surface area contributed by atoms with E-state index < -0.39 is 15.9 Å². The number of nitrogens with one attached hydrogen (secondary N) is 1. The van der Waals surface area contributed by atoms with Crippen molar-refractivity contribution in [2.45, 2.75) is 65.3 Å². The molecule has 0 fully saturated rings. The molecule has 0 unspecified atom stereocenters. The third-order valence-electron chi connectivity index (χ3n) is 4.70. The third kappa shape index (κ3) is 7.60. The normalized spacial score (nSPS) is 11.8. The molecule has 2 rings (SSSR count). The number of rotatable bonds is 11. The Bertz CT molecular complexity index is 972. The van der Waals surface area contributed by atoms with Gasteiger partial charge in [0.25, 0.3) is 0 Å². The van der Waals surface area contributed by atoms with Crippen LogP contribution < -0.4 is 4.72 Å². The summed E-state index contributed by atoms with van der Waals surface area (Å²) in [6.07, 6.45) is 2.72. The highest BCUT2D eigenvalue weighted by molar-refractivity contribution is 7.90. The average molecular weight is 474 g/mol. The quantitative estimate of drug-likeness (QED) is 0.469. The maximum atomic E-state index is 12.2. The predicted molar refractivity (Wildman–Crippen MR) is 122 cm³/mol. The lowest BCUT2D eigenvalue weighted by molar-refractivity contribution is -0.119. The summed E-state index contributed by atoms with van der Waals surface area (Å²) in [6, 6.07) is 7.26. The fourth-order valence-electron chi connectivity index (χ4n) is 2.97. The van der Waals surface area contributed by atoms with Crippen molar-refractivity contribution in [1.82, 2.24) is 14.5 Å². The summed E-state index contributed by atoms with van der Waals surface area (Å²) in [4.78, 5) is 12.2. The van der Waals surface area contributed by atoms with Crippen LogP contribution in [0.3, 0.4) is 0 Å². The Morgan fingerprint density at radius 3 is 2.57 bits per heavy atom. The zero-order chi connectivity index (χ0) is 22.3. The van der Waals surface area contributed by atoms with Crippen molar-refractivity contribution < 1.29 is 13.2 Å². The van der Waals surface area contributed by atoms with Crippen molar-refractivity contribution >= 4 is 39.1 Å². The van der Waals surface area contributed by atoms with Crippen LogP contribution in [0.15, 0.2) is 24.3 Å². The van der Waals surface area contributed by atoms with Crippen LogP contribution in [0.4, 0.5) is 0 Å². The minimum atomic E-state index is -3.59. The molecular weight excluding hydrogens is 445 g/mol. The van der Waals surface area contributed by atoms with Crippen LogP contribution in [-0.2, 0) is 27.8 Å². The molecular formula is C21H29Cl2N3O3S. The van der Waals surface area contributed by atoms with Crippen LogP contribution in [0.25, 0.3) is 0 Å². The lowest BCUT2D eigenvalue weighted by atomic mass is 10.1. The van der Waals surface area contributed by atoms with Crippen LogP contribution in [-0.4, -0.2) is 29.9 Å². The van der Waals surface area contributed by atoms with Gasteiger partial charge in [-0.1, -0.05) is 62.9 Å².